The van der Waals surface area contributed by atoms with Gasteiger partial charge in [0.05, 0.1) is 12.2 Å². The SMILES string of the molecule is C=CCn1c(=O)c2cnc(Nc3ccc4c(c3)CN(C)CC4(C)C)nc2n1-c1cccc(C(C)(C)OCCCC)n1. The molecule has 0 amide bonds. The van der Waals surface area contributed by atoms with Crippen molar-refractivity contribution in [3.05, 3.63) is 82.4 Å². The predicted molar refractivity (Wildman–Crippen MR) is 164 cm³/mol. The zero-order valence-corrected chi connectivity index (χ0v) is 25.1. The van der Waals surface area contributed by atoms with E-state index in [1.807, 2.05) is 32.0 Å². The largest absolute Gasteiger partial charge is 0.369 e. The van der Waals surface area contributed by atoms with Crippen LogP contribution >= 0.6 is 0 Å². The Morgan fingerprint density at radius 1 is 1.20 bits per heavy atom. The molecule has 216 valence electrons. The van der Waals surface area contributed by atoms with Gasteiger partial charge in [-0.05, 0) is 62.7 Å². The van der Waals surface area contributed by atoms with E-state index in [0.29, 0.717) is 36.0 Å². The van der Waals surface area contributed by atoms with Gasteiger partial charge in [0.1, 0.15) is 11.0 Å². The summed E-state index contributed by atoms with van der Waals surface area (Å²) in [6, 6.07) is 12.2. The summed E-state index contributed by atoms with van der Waals surface area (Å²) in [5.74, 6) is 0.983. The molecule has 9 heteroatoms. The highest BCUT2D eigenvalue weighted by molar-refractivity contribution is 5.77. The summed E-state index contributed by atoms with van der Waals surface area (Å²) in [5, 5.41) is 3.78. The second-order valence-electron chi connectivity index (χ2n) is 12.1. The molecule has 1 aliphatic rings. The summed E-state index contributed by atoms with van der Waals surface area (Å²) in [6.07, 6.45) is 5.32. The quantitative estimate of drug-likeness (QED) is 0.199. The third kappa shape index (κ3) is 5.69. The van der Waals surface area contributed by atoms with E-state index in [0.717, 1.165) is 37.3 Å². The van der Waals surface area contributed by atoms with Gasteiger partial charge in [-0.2, -0.15) is 4.98 Å². The lowest BCUT2D eigenvalue weighted by molar-refractivity contribution is -0.0260. The maximum atomic E-state index is 13.4. The van der Waals surface area contributed by atoms with Gasteiger partial charge in [-0.3, -0.25) is 4.79 Å². The van der Waals surface area contributed by atoms with Crippen molar-refractivity contribution in [2.75, 3.05) is 25.5 Å². The number of likely N-dealkylation sites (N-methyl/N-ethyl adjacent to an activating group) is 1. The number of nitrogens with one attached hydrogen (secondary N) is 1. The molecule has 4 aromatic rings. The van der Waals surface area contributed by atoms with Gasteiger partial charge in [-0.1, -0.05) is 45.4 Å². The molecule has 0 unspecified atom stereocenters. The van der Waals surface area contributed by atoms with Crippen LogP contribution in [0.15, 0.2) is 60.0 Å². The second-order valence-corrected chi connectivity index (χ2v) is 12.1. The molecule has 41 heavy (non-hydrogen) atoms. The van der Waals surface area contributed by atoms with Crippen LogP contribution in [0.2, 0.25) is 0 Å². The number of anilines is 2. The van der Waals surface area contributed by atoms with Crippen LogP contribution in [0.3, 0.4) is 0 Å². The molecule has 0 spiro atoms. The number of allylic oxidation sites excluding steroid dienone is 1. The molecule has 4 heterocycles. The van der Waals surface area contributed by atoms with E-state index in [4.69, 9.17) is 14.7 Å². The molecule has 5 rings (SSSR count). The number of fused-ring (bicyclic) bond motifs is 2. The van der Waals surface area contributed by atoms with Crippen LogP contribution in [0.25, 0.3) is 16.9 Å². The number of nitrogens with zero attached hydrogens (tertiary/aromatic N) is 6. The summed E-state index contributed by atoms with van der Waals surface area (Å²) in [5.41, 5.74) is 4.10. The maximum absolute atomic E-state index is 13.4. The first kappa shape index (κ1) is 28.7. The molecule has 3 aromatic heterocycles. The molecule has 0 atom stereocenters. The van der Waals surface area contributed by atoms with E-state index in [-0.39, 0.29) is 11.0 Å². The van der Waals surface area contributed by atoms with Gasteiger partial charge < -0.3 is 15.0 Å². The Morgan fingerprint density at radius 3 is 2.76 bits per heavy atom. The highest BCUT2D eigenvalue weighted by Crippen LogP contribution is 2.34. The van der Waals surface area contributed by atoms with Crippen LogP contribution in [-0.4, -0.2) is 49.4 Å². The van der Waals surface area contributed by atoms with Crippen molar-refractivity contribution < 1.29 is 4.74 Å². The Hall–Kier alpha value is -3.82. The Labute approximate surface area is 241 Å². The van der Waals surface area contributed by atoms with Gasteiger partial charge in [0.2, 0.25) is 5.95 Å². The predicted octanol–water partition coefficient (Wildman–Crippen LogP) is 5.68. The van der Waals surface area contributed by atoms with Crippen molar-refractivity contribution in [1.29, 1.82) is 0 Å². The summed E-state index contributed by atoms with van der Waals surface area (Å²) in [6.45, 7) is 17.4. The van der Waals surface area contributed by atoms with Crippen LogP contribution < -0.4 is 10.9 Å². The van der Waals surface area contributed by atoms with Gasteiger partial charge >= 0.3 is 0 Å². The molecule has 9 nitrogen and oxygen atoms in total. The Bertz CT molecular complexity index is 1630. The van der Waals surface area contributed by atoms with Gasteiger partial charge in [-0.25, -0.2) is 19.3 Å². The number of pyridine rings is 1. The lowest BCUT2D eigenvalue weighted by atomic mass is 9.78. The number of hydrogen-bond acceptors (Lipinski definition) is 7. The number of benzene rings is 1. The molecule has 0 fully saturated rings. The topological polar surface area (TPSA) is 90.1 Å². The summed E-state index contributed by atoms with van der Waals surface area (Å²) in [7, 11) is 2.15. The number of unbranched alkanes of at least 4 members (excludes halogenated alkanes) is 1. The molecule has 1 N–H and O–H groups in total. The van der Waals surface area contributed by atoms with Crippen molar-refractivity contribution in [2.45, 2.75) is 71.6 Å². The minimum atomic E-state index is -0.589. The van der Waals surface area contributed by atoms with E-state index in [2.05, 4.69) is 67.8 Å². The number of hydrogen-bond donors (Lipinski definition) is 1. The van der Waals surface area contributed by atoms with Crippen molar-refractivity contribution >= 4 is 22.7 Å². The molecule has 0 radical (unpaired) electrons. The molecule has 1 aliphatic heterocycles. The number of rotatable bonds is 10. The Balaban J connectivity index is 1.55. The van der Waals surface area contributed by atoms with Crippen LogP contribution in [0, 0.1) is 0 Å². The Morgan fingerprint density at radius 2 is 2.00 bits per heavy atom. The molecule has 0 bridgehead atoms. The van der Waals surface area contributed by atoms with E-state index in [9.17, 15) is 4.79 Å². The van der Waals surface area contributed by atoms with Crippen LogP contribution in [-0.2, 0) is 28.8 Å². The molecule has 1 aromatic carbocycles. The summed E-state index contributed by atoms with van der Waals surface area (Å²) in [4.78, 5) is 30.0. The summed E-state index contributed by atoms with van der Waals surface area (Å²) >= 11 is 0. The molecule has 0 aliphatic carbocycles. The minimum absolute atomic E-state index is 0.0809. The normalized spacial score (nSPS) is 15.2. The van der Waals surface area contributed by atoms with E-state index < -0.39 is 5.60 Å². The Kier molecular flexibility index (Phi) is 7.85. The monoisotopic (exact) mass is 555 g/mol. The average Bonchev–Trinajstić information content (AvgIpc) is 3.19. The summed E-state index contributed by atoms with van der Waals surface area (Å²) < 4.78 is 9.51. The van der Waals surface area contributed by atoms with Crippen LogP contribution in [0.4, 0.5) is 11.6 Å². The van der Waals surface area contributed by atoms with Gasteiger partial charge in [0.25, 0.3) is 5.56 Å². The first-order valence-electron chi connectivity index (χ1n) is 14.3. The molecular weight excluding hydrogens is 514 g/mol. The lowest BCUT2D eigenvalue weighted by Gasteiger charge is -2.38. The lowest BCUT2D eigenvalue weighted by Crippen LogP contribution is -2.39. The first-order chi connectivity index (χ1) is 19.5. The molecule has 0 saturated heterocycles. The van der Waals surface area contributed by atoms with Crippen molar-refractivity contribution in [1.82, 2.24) is 29.2 Å². The zero-order valence-electron chi connectivity index (χ0n) is 25.1. The van der Waals surface area contributed by atoms with Crippen molar-refractivity contribution in [3.63, 3.8) is 0 Å². The number of ether oxygens (including phenoxy) is 1. The van der Waals surface area contributed by atoms with E-state index in [1.165, 1.54) is 11.1 Å². The maximum Gasteiger partial charge on any atom is 0.278 e. The molecular formula is C32H41N7O2. The third-order valence-corrected chi connectivity index (χ3v) is 7.70. The van der Waals surface area contributed by atoms with Gasteiger partial charge in [0.15, 0.2) is 11.5 Å². The fourth-order valence-corrected chi connectivity index (χ4v) is 5.73. The smallest absolute Gasteiger partial charge is 0.278 e. The van der Waals surface area contributed by atoms with Crippen LogP contribution in [0.5, 0.6) is 0 Å². The van der Waals surface area contributed by atoms with Crippen molar-refractivity contribution in [3.8, 4) is 5.82 Å². The highest BCUT2D eigenvalue weighted by Gasteiger charge is 2.30. The second kappa shape index (κ2) is 11.2. The fourth-order valence-electron chi connectivity index (χ4n) is 5.73. The van der Waals surface area contributed by atoms with Gasteiger partial charge in [0, 0.05) is 37.0 Å². The molecule has 0 saturated carbocycles. The minimum Gasteiger partial charge on any atom is -0.369 e. The van der Waals surface area contributed by atoms with Crippen LogP contribution in [0.1, 0.15) is 64.3 Å². The van der Waals surface area contributed by atoms with E-state index in [1.54, 1.807) is 21.6 Å². The van der Waals surface area contributed by atoms with Gasteiger partial charge in [-0.15, -0.1) is 6.58 Å². The van der Waals surface area contributed by atoms with E-state index >= 15 is 0 Å². The highest BCUT2D eigenvalue weighted by atomic mass is 16.5. The average molecular weight is 556 g/mol. The number of aromatic nitrogens is 5. The zero-order chi connectivity index (χ0) is 29.4. The third-order valence-electron chi connectivity index (χ3n) is 7.70. The van der Waals surface area contributed by atoms with Crippen molar-refractivity contribution in [2.24, 2.45) is 0 Å². The fraction of sp³-hybridized carbons (Fsp3) is 0.438. The standard InChI is InChI=1S/C32H41N7O2/c1-8-10-17-41-32(5,6)26-12-11-13-27(35-26)39-28-24(29(40)38(39)16-9-2)19-33-30(36-28)34-23-14-15-25-22(18-23)20-37(7)21-31(25,3)4/h9,11-15,18-19H,2,8,10,16-17,20-21H2,1,3-7H3,(H,33,34,36). The first-order valence-corrected chi connectivity index (χ1v) is 14.3.